The van der Waals surface area contributed by atoms with Crippen LogP contribution in [-0.4, -0.2) is 15.0 Å². The second-order valence-corrected chi connectivity index (χ2v) is 12.4. The van der Waals surface area contributed by atoms with Gasteiger partial charge in [0.1, 0.15) is 22.3 Å². The summed E-state index contributed by atoms with van der Waals surface area (Å²) < 4.78 is 13.0. The standard InChI is InChI=1S/C45H27N3O2/c1-2-10-29(11-3-1)38-27-39(48-45(47-38)35-14-5-4-12-31(35)28-22-24-46-25-23-28)36-21-20-32(43-37-15-7-9-17-41(37)50-44(36)43)30-18-19-34-33-13-6-8-16-40(33)49-42(34)26-30/h1-27H. The van der Waals surface area contributed by atoms with Crippen molar-refractivity contribution in [3.05, 3.63) is 164 Å². The van der Waals surface area contributed by atoms with E-state index in [1.54, 1.807) is 0 Å². The third-order valence-electron chi connectivity index (χ3n) is 9.45. The highest BCUT2D eigenvalue weighted by atomic mass is 16.3. The summed E-state index contributed by atoms with van der Waals surface area (Å²) in [7, 11) is 0. The van der Waals surface area contributed by atoms with Crippen LogP contribution in [0.15, 0.2) is 173 Å². The smallest absolute Gasteiger partial charge is 0.161 e. The highest BCUT2D eigenvalue weighted by molar-refractivity contribution is 6.17. The highest BCUT2D eigenvalue weighted by Gasteiger charge is 2.21. The van der Waals surface area contributed by atoms with Crippen molar-refractivity contribution >= 4 is 43.9 Å². The van der Waals surface area contributed by atoms with Crippen molar-refractivity contribution in [3.63, 3.8) is 0 Å². The van der Waals surface area contributed by atoms with Gasteiger partial charge in [0.15, 0.2) is 5.82 Å². The van der Waals surface area contributed by atoms with Crippen molar-refractivity contribution in [1.82, 2.24) is 15.0 Å². The zero-order chi connectivity index (χ0) is 33.0. The summed E-state index contributed by atoms with van der Waals surface area (Å²) in [6, 6.07) is 51.8. The Balaban J connectivity index is 1.22. The Morgan fingerprint density at radius 3 is 1.88 bits per heavy atom. The van der Waals surface area contributed by atoms with Gasteiger partial charge >= 0.3 is 0 Å². The molecular formula is C45H27N3O2. The van der Waals surface area contributed by atoms with Gasteiger partial charge in [-0.05, 0) is 70.8 Å². The molecule has 0 aliphatic rings. The lowest BCUT2D eigenvalue weighted by Gasteiger charge is -2.13. The molecule has 4 aromatic heterocycles. The van der Waals surface area contributed by atoms with Crippen molar-refractivity contribution in [2.45, 2.75) is 0 Å². The molecule has 0 spiro atoms. The summed E-state index contributed by atoms with van der Waals surface area (Å²) in [4.78, 5) is 14.7. The van der Waals surface area contributed by atoms with Crippen LogP contribution in [0.5, 0.6) is 0 Å². The maximum atomic E-state index is 6.73. The van der Waals surface area contributed by atoms with Gasteiger partial charge in [0.05, 0.1) is 11.4 Å². The van der Waals surface area contributed by atoms with Crippen molar-refractivity contribution in [2.24, 2.45) is 0 Å². The van der Waals surface area contributed by atoms with Gasteiger partial charge in [-0.25, -0.2) is 9.97 Å². The third-order valence-corrected chi connectivity index (χ3v) is 9.45. The minimum absolute atomic E-state index is 0.637. The van der Waals surface area contributed by atoms with Crippen LogP contribution >= 0.6 is 0 Å². The average Bonchev–Trinajstić information content (AvgIpc) is 3.77. The number of pyridine rings is 1. The number of furan rings is 2. The van der Waals surface area contributed by atoms with Crippen LogP contribution in [0.1, 0.15) is 0 Å². The summed E-state index contributed by atoms with van der Waals surface area (Å²) in [5.41, 5.74) is 12.0. The molecule has 0 aliphatic heterocycles. The number of rotatable bonds is 5. The van der Waals surface area contributed by atoms with Gasteiger partial charge in [-0.15, -0.1) is 0 Å². The van der Waals surface area contributed by atoms with Gasteiger partial charge < -0.3 is 8.83 Å². The Morgan fingerprint density at radius 1 is 0.380 bits per heavy atom. The first-order chi connectivity index (χ1) is 24.8. The first kappa shape index (κ1) is 28.2. The summed E-state index contributed by atoms with van der Waals surface area (Å²) in [5.74, 6) is 0.637. The van der Waals surface area contributed by atoms with E-state index in [-0.39, 0.29) is 0 Å². The van der Waals surface area contributed by atoms with E-state index in [1.165, 1.54) is 0 Å². The lowest BCUT2D eigenvalue weighted by atomic mass is 9.95. The highest BCUT2D eigenvalue weighted by Crippen LogP contribution is 2.43. The van der Waals surface area contributed by atoms with E-state index in [0.717, 1.165) is 94.2 Å². The molecule has 0 fully saturated rings. The number of aromatic nitrogens is 3. The molecule has 5 heteroatoms. The second-order valence-electron chi connectivity index (χ2n) is 12.4. The van der Waals surface area contributed by atoms with E-state index in [9.17, 15) is 0 Å². The zero-order valence-electron chi connectivity index (χ0n) is 26.7. The molecule has 0 N–H and O–H groups in total. The predicted octanol–water partition coefficient (Wildman–Crippen LogP) is 12.0. The summed E-state index contributed by atoms with van der Waals surface area (Å²) in [6.45, 7) is 0. The van der Waals surface area contributed by atoms with Crippen LogP contribution in [0.3, 0.4) is 0 Å². The molecule has 0 radical (unpaired) electrons. The summed E-state index contributed by atoms with van der Waals surface area (Å²) in [6.07, 6.45) is 3.62. The molecule has 0 amide bonds. The lowest BCUT2D eigenvalue weighted by Crippen LogP contribution is -1.98. The number of benzene rings is 6. The normalized spacial score (nSPS) is 11.6. The largest absolute Gasteiger partial charge is 0.456 e. The van der Waals surface area contributed by atoms with Gasteiger partial charge in [0, 0.05) is 50.6 Å². The molecule has 0 saturated heterocycles. The van der Waals surface area contributed by atoms with Gasteiger partial charge in [0.25, 0.3) is 0 Å². The second kappa shape index (κ2) is 11.4. The van der Waals surface area contributed by atoms with Gasteiger partial charge in [-0.1, -0.05) is 103 Å². The van der Waals surface area contributed by atoms with Crippen LogP contribution in [0.2, 0.25) is 0 Å². The van der Waals surface area contributed by atoms with E-state index in [1.807, 2.05) is 85.2 Å². The minimum Gasteiger partial charge on any atom is -0.456 e. The molecule has 0 bridgehead atoms. The van der Waals surface area contributed by atoms with Crippen LogP contribution in [0, 0.1) is 0 Å². The third kappa shape index (κ3) is 4.60. The van der Waals surface area contributed by atoms with Crippen LogP contribution in [0.25, 0.3) is 100 Å². The Morgan fingerprint density at radius 2 is 1.04 bits per heavy atom. The zero-order valence-corrected chi connectivity index (χ0v) is 26.7. The summed E-state index contributed by atoms with van der Waals surface area (Å²) in [5, 5.41) is 4.29. The molecule has 5 nitrogen and oxygen atoms in total. The monoisotopic (exact) mass is 641 g/mol. The molecule has 0 unspecified atom stereocenters. The molecule has 0 aliphatic carbocycles. The molecule has 6 aromatic carbocycles. The molecule has 10 aromatic rings. The van der Waals surface area contributed by atoms with Crippen LogP contribution in [-0.2, 0) is 0 Å². The van der Waals surface area contributed by atoms with Crippen molar-refractivity contribution in [3.8, 4) is 56.2 Å². The van der Waals surface area contributed by atoms with Crippen molar-refractivity contribution < 1.29 is 8.83 Å². The SMILES string of the molecule is c1ccc(-c2cc(-c3ccc(-c4ccc5c(c4)oc4ccccc45)c4c3oc3ccccc34)nc(-c3ccccc3-c3ccncc3)n2)cc1. The first-order valence-electron chi connectivity index (χ1n) is 16.6. The van der Waals surface area contributed by atoms with Gasteiger partial charge in [0.2, 0.25) is 0 Å². The Kier molecular flexibility index (Phi) is 6.42. The van der Waals surface area contributed by atoms with Crippen LogP contribution in [0.4, 0.5) is 0 Å². The van der Waals surface area contributed by atoms with E-state index in [2.05, 4.69) is 83.8 Å². The Bertz CT molecular complexity index is 2870. The van der Waals surface area contributed by atoms with Gasteiger partial charge in [-0.2, -0.15) is 0 Å². The topological polar surface area (TPSA) is 65.0 Å². The molecule has 0 saturated carbocycles. The number of nitrogens with zero attached hydrogens (tertiary/aromatic N) is 3. The van der Waals surface area contributed by atoms with E-state index >= 15 is 0 Å². The van der Waals surface area contributed by atoms with E-state index < -0.39 is 0 Å². The molecule has 10 rings (SSSR count). The maximum absolute atomic E-state index is 6.73. The average molecular weight is 642 g/mol. The van der Waals surface area contributed by atoms with Crippen molar-refractivity contribution in [2.75, 3.05) is 0 Å². The van der Waals surface area contributed by atoms with E-state index in [0.29, 0.717) is 5.82 Å². The fourth-order valence-electron chi connectivity index (χ4n) is 7.09. The lowest BCUT2D eigenvalue weighted by molar-refractivity contribution is 0.668. The first-order valence-corrected chi connectivity index (χ1v) is 16.6. The fraction of sp³-hybridized carbons (Fsp3) is 0. The van der Waals surface area contributed by atoms with Crippen molar-refractivity contribution in [1.29, 1.82) is 0 Å². The predicted molar refractivity (Wildman–Crippen MR) is 202 cm³/mol. The Hall–Kier alpha value is -6.85. The fourth-order valence-corrected chi connectivity index (χ4v) is 7.09. The maximum Gasteiger partial charge on any atom is 0.161 e. The van der Waals surface area contributed by atoms with Crippen LogP contribution < -0.4 is 0 Å². The van der Waals surface area contributed by atoms with E-state index in [4.69, 9.17) is 18.8 Å². The number of fused-ring (bicyclic) bond motifs is 6. The summed E-state index contributed by atoms with van der Waals surface area (Å²) >= 11 is 0. The number of hydrogen-bond donors (Lipinski definition) is 0. The molecule has 4 heterocycles. The van der Waals surface area contributed by atoms with Gasteiger partial charge in [-0.3, -0.25) is 4.98 Å². The molecular weight excluding hydrogens is 615 g/mol. The molecule has 0 atom stereocenters. The number of hydrogen-bond acceptors (Lipinski definition) is 5. The molecule has 50 heavy (non-hydrogen) atoms. The quantitative estimate of drug-likeness (QED) is 0.187. The minimum atomic E-state index is 0.637. The Labute approximate surface area is 287 Å². The molecule has 234 valence electrons. The number of para-hydroxylation sites is 2.